The van der Waals surface area contributed by atoms with Crippen molar-refractivity contribution in [3.8, 4) is 11.4 Å². The lowest BCUT2D eigenvalue weighted by molar-refractivity contribution is -0.137. The average Bonchev–Trinajstić information content (AvgIpc) is 3.25. The average molecular weight is 490 g/mol. The second kappa shape index (κ2) is 8.28. The summed E-state index contributed by atoms with van der Waals surface area (Å²) in [6.07, 6.45) is -0.0120. The van der Waals surface area contributed by atoms with Gasteiger partial charge in [0, 0.05) is 30.6 Å². The minimum Gasteiger partial charge on any atom is -0.423 e. The van der Waals surface area contributed by atoms with Gasteiger partial charge in [-0.3, -0.25) is 0 Å². The quantitative estimate of drug-likeness (QED) is 0.498. The number of carbonyl (C=O) groups is 1. The Balaban J connectivity index is 1.46. The van der Waals surface area contributed by atoms with E-state index in [0.29, 0.717) is 30.5 Å². The van der Waals surface area contributed by atoms with Crippen molar-refractivity contribution < 1.29 is 26.8 Å². The van der Waals surface area contributed by atoms with Crippen molar-refractivity contribution in [3.05, 3.63) is 53.8 Å². The Labute approximate surface area is 197 Å². The molecule has 0 spiro atoms. The molecule has 8 nitrogen and oxygen atoms in total. The third-order valence-corrected chi connectivity index (χ3v) is 6.79. The monoisotopic (exact) mass is 490 g/mol. The van der Waals surface area contributed by atoms with Crippen molar-refractivity contribution in [1.82, 2.24) is 25.1 Å². The number of halogens is 4. The summed E-state index contributed by atoms with van der Waals surface area (Å²) < 4.78 is 59.8. The Morgan fingerprint density at radius 3 is 2.60 bits per heavy atom. The molecule has 12 heteroatoms. The Kier molecular flexibility index (Phi) is 5.48. The zero-order valence-corrected chi connectivity index (χ0v) is 18.9. The van der Waals surface area contributed by atoms with Crippen LogP contribution in [0.5, 0.6) is 0 Å². The molecule has 1 saturated carbocycles. The van der Waals surface area contributed by atoms with Crippen molar-refractivity contribution in [1.29, 1.82) is 0 Å². The molecule has 1 N–H and O–H groups in total. The Bertz CT molecular complexity index is 1260. The third kappa shape index (κ3) is 4.00. The van der Waals surface area contributed by atoms with Gasteiger partial charge in [-0.05, 0) is 37.0 Å². The second-order valence-electron chi connectivity index (χ2n) is 9.01. The maximum atomic E-state index is 13.6. The first-order valence-corrected chi connectivity index (χ1v) is 11.2. The number of hydrogen-bond acceptors (Lipinski definition) is 6. The fourth-order valence-corrected chi connectivity index (χ4v) is 5.26. The molecule has 2 amide bonds. The van der Waals surface area contributed by atoms with Crippen LogP contribution < -0.4 is 5.32 Å². The molecule has 3 aliphatic rings. The minimum absolute atomic E-state index is 0.0461. The van der Waals surface area contributed by atoms with E-state index < -0.39 is 29.1 Å². The van der Waals surface area contributed by atoms with Crippen LogP contribution in [0, 0.1) is 18.7 Å². The lowest BCUT2D eigenvalue weighted by Crippen LogP contribution is -2.70. The van der Waals surface area contributed by atoms with E-state index in [-0.39, 0.29) is 23.1 Å². The van der Waals surface area contributed by atoms with Gasteiger partial charge in [0.05, 0.1) is 18.0 Å². The summed E-state index contributed by atoms with van der Waals surface area (Å²) in [5.74, 6) is 0.0661. The standard InChI is InChI=1S/C23H22F4N6O2/c1-3-13-6-16-9-22(8-13,20-32-31-12(2)35-20)33(16)21(34)30-15-4-5-18(23(25,26)27)17(7-15)19-28-10-14(24)11-29-19/h4-5,7,10-11,13,16H,3,6,8-9H2,1-2H3,(H,30,34)/t13-,16-,22+/m1/s1. The normalized spacial score (nSPS) is 23.7. The first kappa shape index (κ1) is 23.2. The predicted octanol–water partition coefficient (Wildman–Crippen LogP) is 5.31. The van der Waals surface area contributed by atoms with E-state index in [4.69, 9.17) is 4.42 Å². The Morgan fingerprint density at radius 1 is 1.23 bits per heavy atom. The van der Waals surface area contributed by atoms with Crippen LogP contribution in [0.3, 0.4) is 0 Å². The van der Waals surface area contributed by atoms with Crippen LogP contribution in [-0.4, -0.2) is 37.1 Å². The molecule has 2 aliphatic heterocycles. The SMILES string of the molecule is CC[C@@H]1C[C@@H]2C[C@](c3nnc(C)o3)(C1)N2C(=O)Nc1ccc(C(F)(F)F)c(-c2ncc(F)cn2)c1. The van der Waals surface area contributed by atoms with Gasteiger partial charge >= 0.3 is 12.2 Å². The molecule has 3 atom stereocenters. The van der Waals surface area contributed by atoms with E-state index >= 15 is 0 Å². The summed E-state index contributed by atoms with van der Waals surface area (Å²) >= 11 is 0. The van der Waals surface area contributed by atoms with Crippen molar-refractivity contribution in [2.24, 2.45) is 5.92 Å². The highest BCUT2D eigenvalue weighted by Gasteiger charge is 2.62. The molecule has 35 heavy (non-hydrogen) atoms. The van der Waals surface area contributed by atoms with Crippen molar-refractivity contribution in [2.75, 3.05) is 5.32 Å². The number of aryl methyl sites for hydroxylation is 1. The Morgan fingerprint density at radius 2 is 1.97 bits per heavy atom. The number of piperidine rings is 1. The summed E-state index contributed by atoms with van der Waals surface area (Å²) in [6, 6.07) is 2.63. The molecular weight excluding hydrogens is 468 g/mol. The number of urea groups is 1. The van der Waals surface area contributed by atoms with Gasteiger partial charge in [0.1, 0.15) is 5.54 Å². The number of aromatic nitrogens is 4. The van der Waals surface area contributed by atoms with E-state index in [1.807, 2.05) is 0 Å². The largest absolute Gasteiger partial charge is 0.423 e. The molecule has 2 saturated heterocycles. The summed E-state index contributed by atoms with van der Waals surface area (Å²) in [6.45, 7) is 3.77. The minimum atomic E-state index is -4.70. The van der Waals surface area contributed by atoms with Crippen LogP contribution >= 0.6 is 0 Å². The number of alkyl halides is 3. The van der Waals surface area contributed by atoms with E-state index in [0.717, 1.165) is 37.4 Å². The topological polar surface area (TPSA) is 97.0 Å². The fraction of sp³-hybridized carbons (Fsp3) is 0.435. The second-order valence-corrected chi connectivity index (χ2v) is 9.01. The summed E-state index contributed by atoms with van der Waals surface area (Å²) in [5.41, 5.74) is -1.98. The Hall–Kier alpha value is -3.57. The molecule has 1 aliphatic carbocycles. The maximum absolute atomic E-state index is 13.6. The van der Waals surface area contributed by atoms with Crippen molar-refractivity contribution >= 4 is 11.7 Å². The highest BCUT2D eigenvalue weighted by Crippen LogP contribution is 2.56. The molecule has 184 valence electrons. The van der Waals surface area contributed by atoms with E-state index in [9.17, 15) is 22.4 Å². The van der Waals surface area contributed by atoms with E-state index in [1.165, 1.54) is 6.07 Å². The molecule has 1 aromatic carbocycles. The summed E-state index contributed by atoms with van der Waals surface area (Å²) in [4.78, 5) is 22.4. The van der Waals surface area contributed by atoms with Crippen molar-refractivity contribution in [3.63, 3.8) is 0 Å². The number of fused-ring (bicyclic) bond motifs is 2. The number of rotatable bonds is 4. The van der Waals surface area contributed by atoms with E-state index in [2.05, 4.69) is 32.4 Å². The predicted molar refractivity (Wildman–Crippen MR) is 115 cm³/mol. The van der Waals surface area contributed by atoms with Gasteiger partial charge in [0.15, 0.2) is 11.6 Å². The van der Waals surface area contributed by atoms with Gasteiger partial charge in [-0.1, -0.05) is 13.3 Å². The van der Waals surface area contributed by atoms with Gasteiger partial charge in [0.25, 0.3) is 0 Å². The van der Waals surface area contributed by atoms with Crippen LogP contribution in [0.4, 0.5) is 28.0 Å². The third-order valence-electron chi connectivity index (χ3n) is 6.79. The number of anilines is 1. The van der Waals surface area contributed by atoms with Crippen LogP contribution in [-0.2, 0) is 11.7 Å². The number of carbonyl (C=O) groups excluding carboxylic acids is 1. The van der Waals surface area contributed by atoms with Crippen LogP contribution in [0.25, 0.3) is 11.4 Å². The molecule has 3 aromatic rings. The molecular formula is C23H22F4N6O2. The zero-order valence-electron chi connectivity index (χ0n) is 18.9. The molecule has 4 heterocycles. The first-order chi connectivity index (χ1) is 16.6. The number of benzene rings is 1. The summed E-state index contributed by atoms with van der Waals surface area (Å²) in [5, 5.41) is 10.8. The van der Waals surface area contributed by atoms with Crippen molar-refractivity contribution in [2.45, 2.75) is 57.3 Å². The number of nitrogens with one attached hydrogen (secondary N) is 1. The number of amides is 2. The van der Waals surface area contributed by atoms with Gasteiger partial charge in [-0.25, -0.2) is 19.2 Å². The highest BCUT2D eigenvalue weighted by atomic mass is 19.4. The number of nitrogens with zero attached hydrogens (tertiary/aromatic N) is 5. The zero-order chi connectivity index (χ0) is 25.0. The summed E-state index contributed by atoms with van der Waals surface area (Å²) in [7, 11) is 0. The van der Waals surface area contributed by atoms with Gasteiger partial charge < -0.3 is 14.6 Å². The lowest BCUT2D eigenvalue weighted by atomic mass is 9.63. The molecule has 2 aromatic heterocycles. The molecule has 2 bridgehead atoms. The molecule has 0 unspecified atom stereocenters. The number of hydrogen-bond donors (Lipinski definition) is 1. The van der Waals surface area contributed by atoms with Crippen LogP contribution in [0.2, 0.25) is 0 Å². The van der Waals surface area contributed by atoms with Gasteiger partial charge in [-0.15, -0.1) is 10.2 Å². The molecule has 0 radical (unpaired) electrons. The van der Waals surface area contributed by atoms with E-state index in [1.54, 1.807) is 11.8 Å². The van der Waals surface area contributed by atoms with Gasteiger partial charge in [0.2, 0.25) is 11.8 Å². The van der Waals surface area contributed by atoms with Crippen LogP contribution in [0.15, 0.2) is 35.0 Å². The van der Waals surface area contributed by atoms with Crippen LogP contribution in [0.1, 0.15) is 50.0 Å². The first-order valence-electron chi connectivity index (χ1n) is 11.2. The maximum Gasteiger partial charge on any atom is 0.417 e. The molecule has 6 rings (SSSR count). The highest BCUT2D eigenvalue weighted by molar-refractivity contribution is 5.92. The fourth-order valence-electron chi connectivity index (χ4n) is 5.26. The van der Waals surface area contributed by atoms with Gasteiger partial charge in [-0.2, -0.15) is 13.2 Å². The molecule has 3 fully saturated rings. The lowest BCUT2D eigenvalue weighted by Gasteiger charge is -2.61. The smallest absolute Gasteiger partial charge is 0.417 e.